The minimum Gasteiger partial charge on any atom is -0.464 e. The smallest absolute Gasteiger partial charge is 0.341 e. The average Bonchev–Trinajstić information content (AvgIpc) is 3.07. The van der Waals surface area contributed by atoms with Gasteiger partial charge >= 0.3 is 5.97 Å². The molecule has 5 atom stereocenters. The lowest BCUT2D eigenvalue weighted by atomic mass is 9.66. The Morgan fingerprint density at radius 1 is 1.13 bits per heavy atom. The molecule has 2 aliphatic rings. The van der Waals surface area contributed by atoms with E-state index in [2.05, 4.69) is 0 Å². The molecular weight excluding hydrogens is 396 g/mol. The first-order chi connectivity index (χ1) is 14.5. The van der Waals surface area contributed by atoms with Crippen LogP contribution in [0, 0.1) is 22.7 Å². The van der Waals surface area contributed by atoms with Crippen LogP contribution < -0.4 is 0 Å². The molecule has 0 spiro atoms. The molecule has 0 saturated heterocycles. The summed E-state index contributed by atoms with van der Waals surface area (Å²) >= 11 is 0. The maximum Gasteiger partial charge on any atom is 0.341 e. The van der Waals surface area contributed by atoms with Crippen LogP contribution in [0.4, 0.5) is 0 Å². The number of rotatable bonds is 4. The minimum absolute atomic E-state index is 0.0105. The average molecular weight is 424 g/mol. The third-order valence-corrected chi connectivity index (χ3v) is 7.44. The summed E-state index contributed by atoms with van der Waals surface area (Å²) in [4.78, 5) is 40.8. The molecule has 4 rings (SSSR count). The van der Waals surface area contributed by atoms with Crippen LogP contribution in [0.2, 0.25) is 0 Å². The molecule has 6 heteroatoms. The lowest BCUT2D eigenvalue weighted by Crippen LogP contribution is -2.53. The van der Waals surface area contributed by atoms with E-state index in [1.54, 1.807) is 39.8 Å². The number of carbonyl (C=O) groups excluding carboxylic acids is 3. The fourth-order valence-corrected chi connectivity index (χ4v) is 5.97. The maximum atomic E-state index is 14.2. The fraction of sp³-hybridized carbons (Fsp3) is 0.480. The van der Waals surface area contributed by atoms with Gasteiger partial charge in [-0.1, -0.05) is 63.2 Å². The van der Waals surface area contributed by atoms with Gasteiger partial charge in [-0.15, -0.1) is 0 Å². The Morgan fingerprint density at radius 3 is 2.45 bits per heavy atom. The van der Waals surface area contributed by atoms with E-state index in [0.717, 1.165) is 5.39 Å². The van der Waals surface area contributed by atoms with Gasteiger partial charge in [0.05, 0.1) is 12.7 Å². The molecule has 2 saturated carbocycles. The number of hydrogen-bond acceptors (Lipinski definition) is 6. The number of fused-ring (bicyclic) bond motifs is 2. The van der Waals surface area contributed by atoms with Gasteiger partial charge in [-0.3, -0.25) is 9.59 Å². The number of hydrogen-bond donors (Lipinski definition) is 2. The van der Waals surface area contributed by atoms with Crippen molar-refractivity contribution in [3.05, 3.63) is 48.0 Å². The van der Waals surface area contributed by atoms with Crippen LogP contribution in [0.5, 0.6) is 0 Å². The second kappa shape index (κ2) is 6.97. The van der Waals surface area contributed by atoms with Gasteiger partial charge in [0.25, 0.3) is 0 Å². The fourth-order valence-electron chi connectivity index (χ4n) is 5.97. The number of Topliss-reactive ketones (excluding diaryl/α,β-unsaturated/α-hetero) is 2. The van der Waals surface area contributed by atoms with Crippen molar-refractivity contribution in [3.8, 4) is 0 Å². The van der Waals surface area contributed by atoms with Crippen molar-refractivity contribution in [2.45, 2.75) is 45.8 Å². The highest BCUT2D eigenvalue weighted by Crippen LogP contribution is 2.65. The summed E-state index contributed by atoms with van der Waals surface area (Å²) in [5.74, 6) is -3.85. The number of benzene rings is 2. The van der Waals surface area contributed by atoms with Gasteiger partial charge in [-0.25, -0.2) is 4.79 Å². The Bertz CT molecular complexity index is 1080. The largest absolute Gasteiger partial charge is 0.464 e. The molecule has 31 heavy (non-hydrogen) atoms. The number of aliphatic hydroxyl groups excluding tert-OH is 1. The third kappa shape index (κ3) is 2.61. The van der Waals surface area contributed by atoms with E-state index >= 15 is 0 Å². The highest BCUT2D eigenvalue weighted by Gasteiger charge is 2.79. The predicted molar refractivity (Wildman–Crippen MR) is 114 cm³/mol. The first-order valence-electron chi connectivity index (χ1n) is 10.7. The first-order valence-corrected chi connectivity index (χ1v) is 10.7. The predicted octanol–water partition coefficient (Wildman–Crippen LogP) is 2.93. The summed E-state index contributed by atoms with van der Waals surface area (Å²) in [6.07, 6.45) is -1.51. The second-order valence-electron chi connectivity index (χ2n) is 9.47. The number of esters is 1. The Morgan fingerprint density at radius 2 is 1.77 bits per heavy atom. The van der Waals surface area contributed by atoms with Crippen molar-refractivity contribution in [3.63, 3.8) is 0 Å². The summed E-state index contributed by atoms with van der Waals surface area (Å²) in [6.45, 7) is 6.62. The Labute approximate surface area is 181 Å². The Balaban J connectivity index is 1.97. The molecule has 0 unspecified atom stereocenters. The molecule has 2 aromatic carbocycles. The van der Waals surface area contributed by atoms with Crippen molar-refractivity contribution in [1.82, 2.24) is 0 Å². The van der Waals surface area contributed by atoms with Crippen LogP contribution in [0.1, 0.15) is 44.5 Å². The van der Waals surface area contributed by atoms with Crippen LogP contribution in [0.15, 0.2) is 42.5 Å². The van der Waals surface area contributed by atoms with Crippen molar-refractivity contribution in [1.29, 1.82) is 0 Å². The van der Waals surface area contributed by atoms with E-state index in [0.29, 0.717) is 10.9 Å². The van der Waals surface area contributed by atoms with Gasteiger partial charge in [-0.2, -0.15) is 0 Å². The van der Waals surface area contributed by atoms with Crippen LogP contribution in [-0.4, -0.2) is 46.1 Å². The molecule has 0 heterocycles. The van der Waals surface area contributed by atoms with E-state index in [4.69, 9.17) is 4.74 Å². The highest BCUT2D eigenvalue weighted by atomic mass is 16.6. The third-order valence-electron chi connectivity index (χ3n) is 7.44. The van der Waals surface area contributed by atoms with Crippen molar-refractivity contribution in [2.24, 2.45) is 22.7 Å². The number of ketones is 2. The minimum atomic E-state index is -2.33. The summed E-state index contributed by atoms with van der Waals surface area (Å²) in [7, 11) is 0. The lowest BCUT2D eigenvalue weighted by molar-refractivity contribution is -0.182. The molecule has 0 amide bonds. The molecule has 2 N–H and O–H groups in total. The Hall–Kier alpha value is -2.57. The molecule has 2 fully saturated rings. The van der Waals surface area contributed by atoms with Crippen molar-refractivity contribution < 1.29 is 29.3 Å². The van der Waals surface area contributed by atoms with Crippen molar-refractivity contribution >= 4 is 28.3 Å². The molecular formula is C25H28O6. The number of ether oxygens (including phenoxy) is 1. The zero-order valence-corrected chi connectivity index (χ0v) is 18.2. The highest BCUT2D eigenvalue weighted by molar-refractivity contribution is 6.22. The van der Waals surface area contributed by atoms with Crippen LogP contribution in [-0.2, 0) is 14.3 Å². The Kier molecular flexibility index (Phi) is 4.87. The van der Waals surface area contributed by atoms with Gasteiger partial charge in [0, 0.05) is 22.8 Å². The number of aliphatic hydroxyl groups is 2. The van der Waals surface area contributed by atoms with Gasteiger partial charge in [0.2, 0.25) is 0 Å². The molecule has 0 aliphatic heterocycles. The first kappa shape index (κ1) is 21.7. The van der Waals surface area contributed by atoms with Crippen LogP contribution in [0.3, 0.4) is 0 Å². The summed E-state index contributed by atoms with van der Waals surface area (Å²) < 4.78 is 5.09. The molecule has 6 nitrogen and oxygen atoms in total. The number of carbonyl (C=O) groups is 3. The van der Waals surface area contributed by atoms with Crippen LogP contribution >= 0.6 is 0 Å². The molecule has 0 aromatic heterocycles. The normalized spacial score (nSPS) is 34.0. The van der Waals surface area contributed by atoms with Gasteiger partial charge in [0.1, 0.15) is 5.41 Å². The quantitative estimate of drug-likeness (QED) is 0.445. The van der Waals surface area contributed by atoms with Gasteiger partial charge < -0.3 is 14.9 Å². The lowest BCUT2D eigenvalue weighted by Gasteiger charge is -2.33. The monoisotopic (exact) mass is 424 g/mol. The SMILES string of the molecule is CCOC(=O)[C@@]1(O)[C@H]2CC(C)(C)C(=O)[C@@]2(C(=O)c2cccc3ccccc23)[C@@H](C)[C@@H]1O. The standard InChI is InChI=1S/C25H28O6/c1-5-31-22(29)25(30)18-13-23(3,4)21(28)24(18,14(2)19(25)26)20(27)17-12-8-10-15-9-6-7-11-16(15)17/h6-12,14,18-19,26,30H,5,13H2,1-4H3/t14-,18-,19-,24-,25+/m0/s1. The second-order valence-corrected chi connectivity index (χ2v) is 9.47. The zero-order chi connectivity index (χ0) is 22.8. The molecule has 0 radical (unpaired) electrons. The molecule has 2 aliphatic carbocycles. The van der Waals surface area contributed by atoms with Crippen molar-refractivity contribution in [2.75, 3.05) is 6.61 Å². The van der Waals surface area contributed by atoms with E-state index in [9.17, 15) is 24.6 Å². The van der Waals surface area contributed by atoms with E-state index in [-0.39, 0.29) is 18.8 Å². The van der Waals surface area contributed by atoms with Crippen LogP contribution in [0.25, 0.3) is 10.8 Å². The topological polar surface area (TPSA) is 101 Å². The summed E-state index contributed by atoms with van der Waals surface area (Å²) in [5, 5.41) is 24.1. The molecule has 0 bridgehead atoms. The summed E-state index contributed by atoms with van der Waals surface area (Å²) in [5.41, 5.74) is -4.66. The maximum absolute atomic E-state index is 14.2. The molecule has 164 valence electrons. The summed E-state index contributed by atoms with van der Waals surface area (Å²) in [6, 6.07) is 12.7. The van der Waals surface area contributed by atoms with Gasteiger partial charge in [-0.05, 0) is 24.1 Å². The van der Waals surface area contributed by atoms with Gasteiger partial charge in [0.15, 0.2) is 17.2 Å². The molecule has 2 aromatic rings. The van der Waals surface area contributed by atoms with E-state index in [1.807, 2.05) is 30.3 Å². The van der Waals surface area contributed by atoms with E-state index in [1.165, 1.54) is 0 Å². The zero-order valence-electron chi connectivity index (χ0n) is 18.2. The van der Waals surface area contributed by atoms with E-state index < -0.39 is 46.1 Å².